The van der Waals surface area contributed by atoms with Crippen molar-refractivity contribution in [2.24, 2.45) is 0 Å². The minimum Gasteiger partial charge on any atom is -0.465 e. The first kappa shape index (κ1) is 14.6. The molecule has 1 N–H and O–H groups in total. The molecule has 0 spiro atoms. The van der Waals surface area contributed by atoms with Crippen LogP contribution >= 0.6 is 0 Å². The highest BCUT2D eigenvalue weighted by molar-refractivity contribution is 5.65. The molecular formula is C13H15F3N2O2. The summed E-state index contributed by atoms with van der Waals surface area (Å²) in [5.74, 6) is 0. The molecule has 0 saturated carbocycles. The number of carbonyl (C=O) groups is 1. The van der Waals surface area contributed by atoms with Crippen molar-refractivity contribution in [1.82, 2.24) is 9.80 Å². The molecule has 20 heavy (non-hydrogen) atoms. The smallest absolute Gasteiger partial charge is 0.416 e. The summed E-state index contributed by atoms with van der Waals surface area (Å²) < 4.78 is 37.8. The maximum atomic E-state index is 12.6. The molecular weight excluding hydrogens is 273 g/mol. The average Bonchev–Trinajstić information content (AvgIpc) is 2.38. The summed E-state index contributed by atoms with van der Waals surface area (Å²) in [7, 11) is 0. The Morgan fingerprint density at radius 3 is 2.40 bits per heavy atom. The summed E-state index contributed by atoms with van der Waals surface area (Å²) in [6.07, 6.45) is -5.29. The Labute approximate surface area is 114 Å². The third-order valence-electron chi connectivity index (χ3n) is 3.30. The van der Waals surface area contributed by atoms with E-state index >= 15 is 0 Å². The van der Waals surface area contributed by atoms with Crippen molar-refractivity contribution in [3.05, 3.63) is 35.4 Å². The Bertz CT molecular complexity index is 483. The van der Waals surface area contributed by atoms with Gasteiger partial charge in [-0.1, -0.05) is 18.2 Å². The van der Waals surface area contributed by atoms with E-state index in [1.54, 1.807) is 6.07 Å². The second-order valence-electron chi connectivity index (χ2n) is 4.74. The Hall–Kier alpha value is -1.76. The van der Waals surface area contributed by atoms with Crippen LogP contribution in [0.3, 0.4) is 0 Å². The van der Waals surface area contributed by atoms with Crippen molar-refractivity contribution in [3.8, 4) is 0 Å². The lowest BCUT2D eigenvalue weighted by molar-refractivity contribution is -0.137. The molecule has 4 nitrogen and oxygen atoms in total. The van der Waals surface area contributed by atoms with Crippen molar-refractivity contribution in [2.75, 3.05) is 26.2 Å². The van der Waals surface area contributed by atoms with E-state index in [1.807, 2.05) is 4.90 Å². The van der Waals surface area contributed by atoms with Crippen LogP contribution in [0.5, 0.6) is 0 Å². The Kier molecular flexibility index (Phi) is 4.17. The molecule has 1 aromatic rings. The van der Waals surface area contributed by atoms with Crippen LogP contribution < -0.4 is 0 Å². The monoisotopic (exact) mass is 288 g/mol. The van der Waals surface area contributed by atoms with Gasteiger partial charge in [0.05, 0.1) is 5.56 Å². The molecule has 1 aromatic carbocycles. The molecule has 0 bridgehead atoms. The number of amides is 1. The van der Waals surface area contributed by atoms with Crippen LogP contribution in [0.15, 0.2) is 24.3 Å². The van der Waals surface area contributed by atoms with Crippen molar-refractivity contribution >= 4 is 6.09 Å². The van der Waals surface area contributed by atoms with Crippen LogP contribution in [0.25, 0.3) is 0 Å². The molecule has 0 aliphatic carbocycles. The minimum absolute atomic E-state index is 0.383. The molecule has 1 fully saturated rings. The van der Waals surface area contributed by atoms with Crippen molar-refractivity contribution in [3.63, 3.8) is 0 Å². The van der Waals surface area contributed by atoms with Crippen LogP contribution in [-0.2, 0) is 12.7 Å². The van der Waals surface area contributed by atoms with Gasteiger partial charge in [0.15, 0.2) is 0 Å². The molecule has 0 aromatic heterocycles. The molecule has 0 atom stereocenters. The number of halogens is 3. The predicted molar refractivity (Wildman–Crippen MR) is 66.3 cm³/mol. The topological polar surface area (TPSA) is 43.8 Å². The number of hydrogen-bond donors (Lipinski definition) is 1. The fraction of sp³-hybridized carbons (Fsp3) is 0.462. The number of alkyl halides is 3. The first-order chi connectivity index (χ1) is 9.36. The molecule has 2 rings (SSSR count). The van der Waals surface area contributed by atoms with Gasteiger partial charge in [0, 0.05) is 32.7 Å². The number of rotatable bonds is 2. The van der Waals surface area contributed by atoms with Crippen molar-refractivity contribution in [1.29, 1.82) is 0 Å². The Morgan fingerprint density at radius 2 is 1.85 bits per heavy atom. The second kappa shape index (κ2) is 5.70. The van der Waals surface area contributed by atoms with E-state index in [2.05, 4.69) is 0 Å². The number of nitrogens with zero attached hydrogens (tertiary/aromatic N) is 2. The lowest BCUT2D eigenvalue weighted by atomic mass is 10.1. The van der Waals surface area contributed by atoms with Crippen LogP contribution in [-0.4, -0.2) is 47.2 Å². The fourth-order valence-corrected chi connectivity index (χ4v) is 2.20. The SMILES string of the molecule is O=C(O)N1CCN(Cc2cccc(C(F)(F)F)c2)CC1. The summed E-state index contributed by atoms with van der Waals surface area (Å²) in [6.45, 7) is 2.23. The number of piperazine rings is 1. The zero-order valence-corrected chi connectivity index (χ0v) is 10.7. The van der Waals surface area contributed by atoms with E-state index in [1.165, 1.54) is 11.0 Å². The van der Waals surface area contributed by atoms with Crippen molar-refractivity contribution < 1.29 is 23.1 Å². The molecule has 0 unspecified atom stereocenters. The molecule has 1 aliphatic heterocycles. The molecule has 1 amide bonds. The van der Waals surface area contributed by atoms with Gasteiger partial charge < -0.3 is 10.0 Å². The lowest BCUT2D eigenvalue weighted by Crippen LogP contribution is -2.47. The molecule has 1 saturated heterocycles. The summed E-state index contributed by atoms with van der Waals surface area (Å²) >= 11 is 0. The van der Waals surface area contributed by atoms with Crippen LogP contribution in [0.1, 0.15) is 11.1 Å². The van der Waals surface area contributed by atoms with E-state index in [0.717, 1.165) is 12.1 Å². The van der Waals surface area contributed by atoms with Crippen LogP contribution in [0.4, 0.5) is 18.0 Å². The molecule has 110 valence electrons. The highest BCUT2D eigenvalue weighted by Crippen LogP contribution is 2.29. The van der Waals surface area contributed by atoms with Gasteiger partial charge in [-0.2, -0.15) is 13.2 Å². The third-order valence-corrected chi connectivity index (χ3v) is 3.30. The van der Waals surface area contributed by atoms with Crippen LogP contribution in [0.2, 0.25) is 0 Å². The summed E-state index contributed by atoms with van der Waals surface area (Å²) in [6, 6.07) is 5.24. The van der Waals surface area contributed by atoms with Gasteiger partial charge in [-0.05, 0) is 11.6 Å². The zero-order valence-electron chi connectivity index (χ0n) is 10.7. The first-order valence-corrected chi connectivity index (χ1v) is 6.22. The summed E-state index contributed by atoms with van der Waals surface area (Å²) in [5.41, 5.74) is -0.0669. The van der Waals surface area contributed by atoms with Crippen LogP contribution in [0, 0.1) is 0 Å². The standard InChI is InChI=1S/C13H15F3N2O2/c14-13(15,16)11-3-1-2-10(8-11)9-17-4-6-18(7-5-17)12(19)20/h1-3,8H,4-7,9H2,(H,19,20). The number of carboxylic acid groups (broad SMARTS) is 1. The maximum Gasteiger partial charge on any atom is 0.416 e. The van der Waals surface area contributed by atoms with Crippen molar-refractivity contribution in [2.45, 2.75) is 12.7 Å². The number of benzene rings is 1. The summed E-state index contributed by atoms with van der Waals surface area (Å²) in [4.78, 5) is 14.0. The zero-order chi connectivity index (χ0) is 14.8. The summed E-state index contributed by atoms with van der Waals surface area (Å²) in [5, 5.41) is 8.82. The predicted octanol–water partition coefficient (Wildman–Crippen LogP) is 2.50. The third kappa shape index (κ3) is 3.63. The minimum atomic E-state index is -4.34. The maximum absolute atomic E-state index is 12.6. The van der Waals surface area contributed by atoms with E-state index < -0.39 is 17.8 Å². The molecule has 1 aliphatic rings. The highest BCUT2D eigenvalue weighted by Gasteiger charge is 2.30. The number of hydrogen-bond acceptors (Lipinski definition) is 2. The average molecular weight is 288 g/mol. The van der Waals surface area contributed by atoms with Gasteiger partial charge in [-0.3, -0.25) is 4.90 Å². The van der Waals surface area contributed by atoms with Gasteiger partial charge in [0.1, 0.15) is 0 Å². The van der Waals surface area contributed by atoms with Gasteiger partial charge in [0.2, 0.25) is 0 Å². The second-order valence-corrected chi connectivity index (χ2v) is 4.74. The largest absolute Gasteiger partial charge is 0.465 e. The van der Waals surface area contributed by atoms with E-state index in [4.69, 9.17) is 5.11 Å². The molecule has 1 heterocycles. The highest BCUT2D eigenvalue weighted by atomic mass is 19.4. The van der Waals surface area contributed by atoms with Gasteiger partial charge >= 0.3 is 12.3 Å². The molecule has 0 radical (unpaired) electrons. The quantitative estimate of drug-likeness (QED) is 0.909. The Morgan fingerprint density at radius 1 is 1.20 bits per heavy atom. The normalized spacial score (nSPS) is 17.2. The molecule has 7 heteroatoms. The van der Waals surface area contributed by atoms with E-state index in [9.17, 15) is 18.0 Å². The first-order valence-electron chi connectivity index (χ1n) is 6.22. The van der Waals surface area contributed by atoms with Gasteiger partial charge in [0.25, 0.3) is 0 Å². The van der Waals surface area contributed by atoms with Gasteiger partial charge in [-0.15, -0.1) is 0 Å². The van der Waals surface area contributed by atoms with E-state index in [0.29, 0.717) is 38.3 Å². The van der Waals surface area contributed by atoms with Gasteiger partial charge in [-0.25, -0.2) is 4.79 Å². The Balaban J connectivity index is 1.96. The lowest BCUT2D eigenvalue weighted by Gasteiger charge is -2.33. The fourth-order valence-electron chi connectivity index (χ4n) is 2.20. The van der Waals surface area contributed by atoms with E-state index in [-0.39, 0.29) is 0 Å².